The molecule has 0 spiro atoms. The van der Waals surface area contributed by atoms with Gasteiger partial charge in [-0.05, 0) is 48.7 Å². The van der Waals surface area contributed by atoms with Crippen molar-refractivity contribution in [3.8, 4) is 0 Å². The van der Waals surface area contributed by atoms with Crippen molar-refractivity contribution in [3.05, 3.63) is 63.6 Å². The van der Waals surface area contributed by atoms with E-state index in [4.69, 9.17) is 4.74 Å². The molecule has 2 aromatic rings. The van der Waals surface area contributed by atoms with Gasteiger partial charge in [0.15, 0.2) is 6.61 Å². The second-order valence-electron chi connectivity index (χ2n) is 5.86. The lowest BCUT2D eigenvalue weighted by Crippen LogP contribution is -2.32. The first-order valence-corrected chi connectivity index (χ1v) is 9.27. The number of hydrogen-bond donors (Lipinski definition) is 2. The lowest BCUT2D eigenvalue weighted by molar-refractivity contribution is -0.146. The maximum atomic E-state index is 12.0. The van der Waals surface area contributed by atoms with Crippen molar-refractivity contribution < 1.29 is 19.1 Å². The van der Waals surface area contributed by atoms with Gasteiger partial charge in [-0.2, -0.15) is 0 Å². The van der Waals surface area contributed by atoms with Gasteiger partial charge in [0, 0.05) is 15.7 Å². The minimum atomic E-state index is -0.684. The minimum Gasteiger partial charge on any atom is -0.454 e. The molecule has 0 saturated heterocycles. The fraction of sp³-hybridized carbons (Fsp3) is 0.250. The van der Waals surface area contributed by atoms with E-state index in [9.17, 15) is 14.4 Å². The summed E-state index contributed by atoms with van der Waals surface area (Å²) in [7, 11) is 0. The molecular formula is C20H21BrN2O4. The predicted octanol–water partition coefficient (Wildman–Crippen LogP) is 3.23. The van der Waals surface area contributed by atoms with Crippen LogP contribution in [0.15, 0.2) is 46.9 Å². The van der Waals surface area contributed by atoms with Crippen molar-refractivity contribution >= 4 is 39.4 Å². The van der Waals surface area contributed by atoms with Crippen LogP contribution in [0.1, 0.15) is 28.4 Å². The number of esters is 1. The number of amides is 2. The lowest BCUT2D eigenvalue weighted by Gasteiger charge is -2.13. The van der Waals surface area contributed by atoms with Crippen molar-refractivity contribution in [1.29, 1.82) is 0 Å². The Morgan fingerprint density at radius 1 is 1.07 bits per heavy atom. The van der Waals surface area contributed by atoms with Gasteiger partial charge in [0.25, 0.3) is 11.8 Å². The van der Waals surface area contributed by atoms with Crippen LogP contribution in [0.5, 0.6) is 0 Å². The third-order valence-corrected chi connectivity index (χ3v) is 4.40. The van der Waals surface area contributed by atoms with Crippen molar-refractivity contribution in [2.24, 2.45) is 0 Å². The zero-order chi connectivity index (χ0) is 19.8. The Hall–Kier alpha value is -2.67. The SMILES string of the molecule is CCc1cccc(C)c1NC(=O)COC(=O)CNC(=O)c1ccc(Br)cc1. The molecule has 0 aromatic heterocycles. The van der Waals surface area contributed by atoms with E-state index >= 15 is 0 Å². The van der Waals surface area contributed by atoms with E-state index in [-0.39, 0.29) is 6.54 Å². The standard InChI is InChI=1S/C20H21BrN2O4/c1-3-14-6-4-5-13(2)19(14)23-17(24)12-27-18(25)11-22-20(26)15-7-9-16(21)10-8-15/h4-10H,3,11-12H2,1-2H3,(H,22,26)(H,23,24). The largest absolute Gasteiger partial charge is 0.454 e. The molecule has 2 rings (SSSR count). The third kappa shape index (κ3) is 6.21. The summed E-state index contributed by atoms with van der Waals surface area (Å²) in [5.41, 5.74) is 3.12. The molecule has 142 valence electrons. The number of anilines is 1. The highest BCUT2D eigenvalue weighted by atomic mass is 79.9. The first-order chi connectivity index (χ1) is 12.9. The van der Waals surface area contributed by atoms with Gasteiger partial charge in [-0.1, -0.05) is 41.1 Å². The molecule has 0 aliphatic rings. The van der Waals surface area contributed by atoms with Crippen LogP contribution >= 0.6 is 15.9 Å². The second kappa shape index (κ2) is 9.87. The number of aryl methyl sites for hydroxylation is 2. The van der Waals surface area contributed by atoms with Crippen molar-refractivity contribution in [2.45, 2.75) is 20.3 Å². The number of benzene rings is 2. The van der Waals surface area contributed by atoms with Crippen LogP contribution in [0.4, 0.5) is 5.69 Å². The summed E-state index contributed by atoms with van der Waals surface area (Å²) in [5, 5.41) is 5.23. The predicted molar refractivity (Wildman–Crippen MR) is 107 cm³/mol. The van der Waals surface area contributed by atoms with E-state index < -0.39 is 24.4 Å². The highest BCUT2D eigenvalue weighted by Crippen LogP contribution is 2.20. The van der Waals surface area contributed by atoms with E-state index in [1.165, 1.54) is 0 Å². The Labute approximate surface area is 166 Å². The number of hydrogen-bond acceptors (Lipinski definition) is 4. The van der Waals surface area contributed by atoms with Crippen LogP contribution in [0, 0.1) is 6.92 Å². The van der Waals surface area contributed by atoms with Gasteiger partial charge >= 0.3 is 5.97 Å². The number of halogens is 1. The Balaban J connectivity index is 1.79. The van der Waals surface area contributed by atoms with Crippen molar-refractivity contribution in [3.63, 3.8) is 0 Å². The fourth-order valence-electron chi connectivity index (χ4n) is 2.43. The minimum absolute atomic E-state index is 0.313. The summed E-state index contributed by atoms with van der Waals surface area (Å²) in [5.74, 6) is -1.50. The topological polar surface area (TPSA) is 84.5 Å². The van der Waals surface area contributed by atoms with Crippen molar-refractivity contribution in [1.82, 2.24) is 5.32 Å². The van der Waals surface area contributed by atoms with Crippen molar-refractivity contribution in [2.75, 3.05) is 18.5 Å². The third-order valence-electron chi connectivity index (χ3n) is 3.87. The first kappa shape index (κ1) is 20.6. The highest BCUT2D eigenvalue weighted by molar-refractivity contribution is 9.10. The molecule has 27 heavy (non-hydrogen) atoms. The van der Waals surface area contributed by atoms with Gasteiger partial charge < -0.3 is 15.4 Å². The monoisotopic (exact) mass is 432 g/mol. The van der Waals surface area contributed by atoms with Crippen LogP contribution < -0.4 is 10.6 Å². The highest BCUT2D eigenvalue weighted by Gasteiger charge is 2.13. The molecule has 0 heterocycles. The van der Waals surface area contributed by atoms with Gasteiger partial charge in [0.05, 0.1) is 0 Å². The summed E-state index contributed by atoms with van der Waals surface area (Å²) in [6.07, 6.45) is 0.777. The van der Waals surface area contributed by atoms with E-state index in [2.05, 4.69) is 26.6 Å². The summed E-state index contributed by atoms with van der Waals surface area (Å²) in [6, 6.07) is 12.5. The summed E-state index contributed by atoms with van der Waals surface area (Å²) in [6.45, 7) is 3.17. The molecule has 0 saturated carbocycles. The first-order valence-electron chi connectivity index (χ1n) is 8.48. The van der Waals surface area contributed by atoms with Crippen LogP contribution in [0.3, 0.4) is 0 Å². The van der Waals surface area contributed by atoms with Gasteiger partial charge in [-0.15, -0.1) is 0 Å². The van der Waals surface area contributed by atoms with E-state index in [0.717, 1.165) is 27.7 Å². The molecule has 2 N–H and O–H groups in total. The molecule has 6 nitrogen and oxygen atoms in total. The lowest BCUT2D eigenvalue weighted by atomic mass is 10.1. The van der Waals surface area contributed by atoms with Gasteiger partial charge in [-0.3, -0.25) is 14.4 Å². The number of nitrogens with one attached hydrogen (secondary N) is 2. The Morgan fingerprint density at radius 3 is 2.44 bits per heavy atom. The van der Waals surface area contributed by atoms with E-state index in [0.29, 0.717) is 5.56 Å². The number of carbonyl (C=O) groups is 3. The van der Waals surface area contributed by atoms with E-state index in [1.54, 1.807) is 24.3 Å². The Kier molecular flexibility index (Phi) is 7.55. The molecule has 0 unspecified atom stereocenters. The fourth-order valence-corrected chi connectivity index (χ4v) is 2.69. The zero-order valence-electron chi connectivity index (χ0n) is 15.2. The number of carbonyl (C=O) groups excluding carboxylic acids is 3. The van der Waals surface area contributed by atoms with Gasteiger partial charge in [-0.25, -0.2) is 0 Å². The van der Waals surface area contributed by atoms with Crippen LogP contribution in [-0.4, -0.2) is 30.9 Å². The number of para-hydroxylation sites is 1. The van der Waals surface area contributed by atoms with Gasteiger partial charge in [0.2, 0.25) is 0 Å². The average molecular weight is 433 g/mol. The maximum Gasteiger partial charge on any atom is 0.325 e. The molecule has 2 amide bonds. The van der Waals surface area contributed by atoms with Crippen LogP contribution in [0.2, 0.25) is 0 Å². The average Bonchev–Trinajstić information content (AvgIpc) is 2.66. The number of ether oxygens (including phenoxy) is 1. The smallest absolute Gasteiger partial charge is 0.325 e. The normalized spacial score (nSPS) is 10.2. The Bertz CT molecular complexity index is 834. The molecule has 0 fully saturated rings. The zero-order valence-corrected chi connectivity index (χ0v) is 16.8. The molecule has 0 radical (unpaired) electrons. The molecule has 0 atom stereocenters. The van der Waals surface area contributed by atoms with Crippen LogP contribution in [0.25, 0.3) is 0 Å². The molecule has 7 heteroatoms. The maximum absolute atomic E-state index is 12.0. The molecular weight excluding hydrogens is 412 g/mol. The molecule has 0 aliphatic carbocycles. The number of rotatable bonds is 7. The Morgan fingerprint density at radius 2 is 1.78 bits per heavy atom. The van der Waals surface area contributed by atoms with E-state index in [1.807, 2.05) is 32.0 Å². The molecule has 0 aliphatic heterocycles. The molecule has 2 aromatic carbocycles. The van der Waals surface area contributed by atoms with Gasteiger partial charge in [0.1, 0.15) is 6.54 Å². The summed E-state index contributed by atoms with van der Waals surface area (Å²) >= 11 is 3.28. The molecule has 0 bridgehead atoms. The summed E-state index contributed by atoms with van der Waals surface area (Å²) < 4.78 is 5.77. The second-order valence-corrected chi connectivity index (χ2v) is 6.78. The van der Waals surface area contributed by atoms with Crippen LogP contribution in [-0.2, 0) is 20.7 Å². The quantitative estimate of drug-likeness (QED) is 0.657. The summed E-state index contributed by atoms with van der Waals surface area (Å²) in [4.78, 5) is 35.7.